The number of ketones is 1. The summed E-state index contributed by atoms with van der Waals surface area (Å²) in [7, 11) is 0. The van der Waals surface area contributed by atoms with Crippen molar-refractivity contribution in [3.8, 4) is 0 Å². The number of amides is 2. The Morgan fingerprint density at radius 1 is 1.03 bits per heavy atom. The van der Waals surface area contributed by atoms with Crippen LogP contribution in [0.25, 0.3) is 0 Å². The molecule has 3 N–H and O–H groups in total. The third-order valence-corrected chi connectivity index (χ3v) is 6.31. The molecule has 2 amide bonds. The number of likely N-dealkylation sites (tertiary alicyclic amines) is 1. The lowest BCUT2D eigenvalue weighted by molar-refractivity contribution is -0.135. The Labute approximate surface area is 201 Å². The van der Waals surface area contributed by atoms with E-state index >= 15 is 0 Å². The number of alkyl carbamates (subject to hydrolysis) is 1. The monoisotopic (exact) mass is 465 g/mol. The predicted octanol–water partition coefficient (Wildman–Crippen LogP) is 3.46. The average molecular weight is 466 g/mol. The quantitative estimate of drug-likeness (QED) is 0.529. The van der Waals surface area contributed by atoms with Gasteiger partial charge in [-0.2, -0.15) is 0 Å². The van der Waals surface area contributed by atoms with Gasteiger partial charge in [0.1, 0.15) is 12.1 Å². The molecule has 34 heavy (non-hydrogen) atoms. The van der Waals surface area contributed by atoms with Gasteiger partial charge < -0.3 is 15.8 Å². The molecule has 0 aromatic heterocycles. The molecule has 0 saturated carbocycles. The van der Waals surface area contributed by atoms with Gasteiger partial charge >= 0.3 is 6.09 Å². The lowest BCUT2D eigenvalue weighted by Crippen LogP contribution is -2.57. The van der Waals surface area contributed by atoms with E-state index in [4.69, 9.17) is 10.5 Å². The lowest BCUT2D eigenvalue weighted by atomic mass is 9.85. The van der Waals surface area contributed by atoms with Crippen LogP contribution >= 0.6 is 0 Å². The summed E-state index contributed by atoms with van der Waals surface area (Å²) in [4.78, 5) is 40.8. The zero-order valence-electron chi connectivity index (χ0n) is 20.0. The first kappa shape index (κ1) is 25.4. The normalized spacial score (nSPS) is 19.0. The van der Waals surface area contributed by atoms with Crippen LogP contribution in [0.4, 0.5) is 4.79 Å². The van der Waals surface area contributed by atoms with E-state index < -0.39 is 23.6 Å². The number of Topliss-reactive ketones (excluding diaryl/α,β-unsaturated/α-hetero) is 1. The van der Waals surface area contributed by atoms with Gasteiger partial charge in [-0.25, -0.2) is 4.79 Å². The molecule has 0 unspecified atom stereocenters. The van der Waals surface area contributed by atoms with Gasteiger partial charge in [0.15, 0.2) is 5.78 Å². The number of carbonyl (C=O) groups excluding carboxylic acids is 3. The van der Waals surface area contributed by atoms with Crippen LogP contribution in [0.3, 0.4) is 0 Å². The van der Waals surface area contributed by atoms with E-state index in [0.29, 0.717) is 25.3 Å². The van der Waals surface area contributed by atoms with Crippen molar-refractivity contribution in [2.45, 2.75) is 57.7 Å². The fourth-order valence-electron chi connectivity index (χ4n) is 4.62. The van der Waals surface area contributed by atoms with Gasteiger partial charge in [0.25, 0.3) is 0 Å². The predicted molar refractivity (Wildman–Crippen MR) is 131 cm³/mol. The summed E-state index contributed by atoms with van der Waals surface area (Å²) in [6.07, 6.45) is 0.942. The second-order valence-electron chi connectivity index (χ2n) is 9.43. The molecule has 182 valence electrons. The molecule has 1 fully saturated rings. The molecule has 2 atom stereocenters. The van der Waals surface area contributed by atoms with Crippen molar-refractivity contribution in [3.05, 3.63) is 71.8 Å². The van der Waals surface area contributed by atoms with Gasteiger partial charge in [-0.15, -0.1) is 0 Å². The Morgan fingerprint density at radius 2 is 1.65 bits per heavy atom. The summed E-state index contributed by atoms with van der Waals surface area (Å²) in [5.74, 6) is -0.378. The maximum Gasteiger partial charge on any atom is 0.408 e. The highest BCUT2D eigenvalue weighted by molar-refractivity contribution is 5.95. The van der Waals surface area contributed by atoms with Crippen LogP contribution in [0.5, 0.6) is 0 Å². The molecule has 2 aromatic carbocycles. The summed E-state index contributed by atoms with van der Waals surface area (Å²) < 4.78 is 5.36. The minimum absolute atomic E-state index is 0.0362. The number of nitrogens with zero attached hydrogens (tertiary/aromatic N) is 1. The molecular formula is C27H35N3O4. The van der Waals surface area contributed by atoms with Crippen LogP contribution in [0.15, 0.2) is 60.7 Å². The number of rotatable bonds is 11. The second-order valence-corrected chi connectivity index (χ2v) is 9.43. The highest BCUT2D eigenvalue weighted by Gasteiger charge is 2.48. The van der Waals surface area contributed by atoms with Crippen LogP contribution in [-0.4, -0.2) is 47.4 Å². The van der Waals surface area contributed by atoms with Crippen molar-refractivity contribution in [1.82, 2.24) is 10.2 Å². The average Bonchev–Trinajstić information content (AvgIpc) is 3.21. The maximum absolute atomic E-state index is 13.5. The number of hydrogen-bond donors (Lipinski definition) is 2. The number of hydrogen-bond acceptors (Lipinski definition) is 5. The van der Waals surface area contributed by atoms with Crippen molar-refractivity contribution in [3.63, 3.8) is 0 Å². The molecule has 1 heterocycles. The van der Waals surface area contributed by atoms with Gasteiger partial charge in [-0.1, -0.05) is 74.5 Å². The van der Waals surface area contributed by atoms with Crippen molar-refractivity contribution in [1.29, 1.82) is 0 Å². The Balaban J connectivity index is 1.75. The number of primary amides is 1. The van der Waals surface area contributed by atoms with Crippen molar-refractivity contribution < 1.29 is 19.1 Å². The van der Waals surface area contributed by atoms with Crippen LogP contribution in [0.2, 0.25) is 0 Å². The molecule has 7 nitrogen and oxygen atoms in total. The fraction of sp³-hybridized carbons (Fsp3) is 0.444. The maximum atomic E-state index is 13.5. The van der Waals surface area contributed by atoms with Crippen molar-refractivity contribution in [2.24, 2.45) is 11.7 Å². The first-order valence-corrected chi connectivity index (χ1v) is 11.9. The van der Waals surface area contributed by atoms with E-state index in [0.717, 1.165) is 24.1 Å². The second kappa shape index (κ2) is 11.8. The van der Waals surface area contributed by atoms with Gasteiger partial charge in [0.05, 0.1) is 6.04 Å². The number of benzene rings is 2. The summed E-state index contributed by atoms with van der Waals surface area (Å²) in [5.41, 5.74) is 6.61. The number of nitrogens with one attached hydrogen (secondary N) is 1. The molecule has 7 heteroatoms. The molecule has 0 spiro atoms. The molecule has 1 aliphatic heterocycles. The Bertz CT molecular complexity index is 964. The molecule has 0 aliphatic carbocycles. The SMILES string of the molecule is CC(C)CN1CCC[C@@]1(CC(=O)[C@H](Cc1ccccc1)NC(=O)OCc1ccccc1)C(N)=O. The van der Waals surface area contributed by atoms with Gasteiger partial charge in [0.2, 0.25) is 5.91 Å². The third kappa shape index (κ3) is 6.67. The lowest BCUT2D eigenvalue weighted by Gasteiger charge is -2.37. The number of carbonyl (C=O) groups is 3. The summed E-state index contributed by atoms with van der Waals surface area (Å²) >= 11 is 0. The van der Waals surface area contributed by atoms with Gasteiger partial charge in [-0.05, 0) is 42.9 Å². The van der Waals surface area contributed by atoms with E-state index in [-0.39, 0.29) is 18.8 Å². The van der Waals surface area contributed by atoms with E-state index in [1.165, 1.54) is 0 Å². The minimum atomic E-state index is -1.02. The molecule has 0 radical (unpaired) electrons. The van der Waals surface area contributed by atoms with Crippen LogP contribution < -0.4 is 11.1 Å². The summed E-state index contributed by atoms with van der Waals surface area (Å²) in [5, 5.41) is 2.74. The first-order valence-electron chi connectivity index (χ1n) is 11.9. The third-order valence-electron chi connectivity index (χ3n) is 6.31. The van der Waals surface area contributed by atoms with Crippen molar-refractivity contribution in [2.75, 3.05) is 13.1 Å². The zero-order chi connectivity index (χ0) is 24.6. The first-order chi connectivity index (χ1) is 16.3. The highest BCUT2D eigenvalue weighted by atomic mass is 16.5. The van der Waals surface area contributed by atoms with E-state index in [1.807, 2.05) is 65.6 Å². The smallest absolute Gasteiger partial charge is 0.408 e. The molecule has 0 bridgehead atoms. The minimum Gasteiger partial charge on any atom is -0.445 e. The van der Waals surface area contributed by atoms with E-state index in [2.05, 4.69) is 19.2 Å². The van der Waals surface area contributed by atoms with Crippen LogP contribution in [0, 0.1) is 5.92 Å². The molecule has 2 aromatic rings. The van der Waals surface area contributed by atoms with Crippen LogP contribution in [0.1, 0.15) is 44.2 Å². The Kier molecular flexibility index (Phi) is 8.82. The standard InChI is InChI=1S/C27H35N3O4/c1-20(2)18-30-15-9-14-27(30,25(28)32)17-24(31)23(16-21-10-5-3-6-11-21)29-26(33)34-19-22-12-7-4-8-13-22/h3-8,10-13,20,23H,9,14-19H2,1-2H3,(H2,28,32)(H,29,33)/t23-,27+/m0/s1. The van der Waals surface area contributed by atoms with E-state index in [9.17, 15) is 14.4 Å². The zero-order valence-corrected chi connectivity index (χ0v) is 20.0. The highest BCUT2D eigenvalue weighted by Crippen LogP contribution is 2.34. The molecular weight excluding hydrogens is 430 g/mol. The Hall–Kier alpha value is -3.19. The van der Waals surface area contributed by atoms with Crippen molar-refractivity contribution >= 4 is 17.8 Å². The van der Waals surface area contributed by atoms with E-state index in [1.54, 1.807) is 0 Å². The molecule has 1 saturated heterocycles. The molecule has 1 aliphatic rings. The fourth-order valence-corrected chi connectivity index (χ4v) is 4.62. The number of nitrogens with two attached hydrogens (primary N) is 1. The summed E-state index contributed by atoms with van der Waals surface area (Å²) in [6.45, 7) is 5.67. The van der Waals surface area contributed by atoms with Gasteiger partial charge in [0, 0.05) is 13.0 Å². The summed E-state index contributed by atoms with van der Waals surface area (Å²) in [6, 6.07) is 18.0. The topological polar surface area (TPSA) is 102 Å². The number of ether oxygens (including phenoxy) is 1. The largest absolute Gasteiger partial charge is 0.445 e. The molecule has 3 rings (SSSR count). The van der Waals surface area contributed by atoms with Crippen LogP contribution in [-0.2, 0) is 27.4 Å². The van der Waals surface area contributed by atoms with Gasteiger partial charge in [-0.3, -0.25) is 14.5 Å². The Morgan fingerprint density at radius 3 is 2.24 bits per heavy atom.